The quantitative estimate of drug-likeness (QED) is 0.627. The van der Waals surface area contributed by atoms with Gasteiger partial charge >= 0.3 is 0 Å². The lowest BCUT2D eigenvalue weighted by Gasteiger charge is -2.35. The van der Waals surface area contributed by atoms with E-state index in [9.17, 15) is 9.59 Å². The van der Waals surface area contributed by atoms with Crippen LogP contribution in [0.2, 0.25) is 0 Å². The molecule has 1 aliphatic heterocycles. The summed E-state index contributed by atoms with van der Waals surface area (Å²) in [5.74, 6) is -0.179. The summed E-state index contributed by atoms with van der Waals surface area (Å²) in [6, 6.07) is 26.6. The maximum Gasteiger partial charge on any atom is 0.254 e. The van der Waals surface area contributed by atoms with Crippen molar-refractivity contribution in [3.05, 3.63) is 107 Å². The average molecular weight is 384 g/mol. The van der Waals surface area contributed by atoms with Gasteiger partial charge in [0, 0.05) is 43.9 Å². The van der Waals surface area contributed by atoms with Gasteiger partial charge in [-0.05, 0) is 11.6 Å². The zero-order valence-electron chi connectivity index (χ0n) is 16.3. The molecule has 29 heavy (non-hydrogen) atoms. The van der Waals surface area contributed by atoms with E-state index in [0.29, 0.717) is 29.8 Å². The fraction of sp³-hybridized carbons (Fsp3) is 0.200. The van der Waals surface area contributed by atoms with Gasteiger partial charge < -0.3 is 4.90 Å². The second-order valence-electron chi connectivity index (χ2n) is 7.29. The molecule has 1 amide bonds. The van der Waals surface area contributed by atoms with Crippen molar-refractivity contribution in [2.24, 2.45) is 0 Å². The molecule has 0 atom stereocenters. The van der Waals surface area contributed by atoms with Crippen LogP contribution >= 0.6 is 0 Å². The van der Waals surface area contributed by atoms with Crippen LogP contribution in [0.1, 0.15) is 31.8 Å². The minimum absolute atomic E-state index is 0.0655. The molecule has 4 heteroatoms. The van der Waals surface area contributed by atoms with E-state index in [1.807, 2.05) is 41.3 Å². The first-order valence-electron chi connectivity index (χ1n) is 9.97. The molecule has 1 fully saturated rings. The Labute approximate surface area is 171 Å². The predicted octanol–water partition coefficient (Wildman–Crippen LogP) is 3.88. The van der Waals surface area contributed by atoms with Gasteiger partial charge in [0.15, 0.2) is 5.78 Å². The Morgan fingerprint density at radius 1 is 0.655 bits per heavy atom. The molecule has 3 aromatic carbocycles. The molecule has 1 aliphatic rings. The van der Waals surface area contributed by atoms with Gasteiger partial charge in [-0.3, -0.25) is 14.5 Å². The maximum absolute atomic E-state index is 13.2. The highest BCUT2D eigenvalue weighted by atomic mass is 16.2. The smallest absolute Gasteiger partial charge is 0.254 e. The minimum atomic E-state index is -0.114. The van der Waals surface area contributed by atoms with Gasteiger partial charge in [0.2, 0.25) is 0 Å². The predicted molar refractivity (Wildman–Crippen MR) is 114 cm³/mol. The number of carbonyl (C=O) groups excluding carboxylic acids is 2. The summed E-state index contributed by atoms with van der Waals surface area (Å²) in [6.45, 7) is 3.88. The third-order valence-electron chi connectivity index (χ3n) is 5.35. The van der Waals surface area contributed by atoms with Crippen LogP contribution < -0.4 is 0 Å². The Bertz CT molecular complexity index is 978. The number of rotatable bonds is 5. The molecule has 1 heterocycles. The Hall–Kier alpha value is -3.24. The molecular formula is C25H24N2O2. The highest BCUT2D eigenvalue weighted by Crippen LogP contribution is 2.18. The van der Waals surface area contributed by atoms with Crippen molar-refractivity contribution >= 4 is 11.7 Å². The number of hydrogen-bond acceptors (Lipinski definition) is 3. The van der Waals surface area contributed by atoms with E-state index < -0.39 is 0 Å². The van der Waals surface area contributed by atoms with Gasteiger partial charge in [-0.25, -0.2) is 0 Å². The normalized spacial score (nSPS) is 14.6. The van der Waals surface area contributed by atoms with Crippen LogP contribution in [0.25, 0.3) is 0 Å². The van der Waals surface area contributed by atoms with Crippen molar-refractivity contribution < 1.29 is 9.59 Å². The molecular weight excluding hydrogens is 360 g/mol. The monoisotopic (exact) mass is 384 g/mol. The van der Waals surface area contributed by atoms with Crippen molar-refractivity contribution in [1.82, 2.24) is 9.80 Å². The SMILES string of the molecule is O=C(c1ccccc1)c1ccccc1C(=O)N1CCN(Cc2ccccc2)CC1. The molecule has 0 aromatic heterocycles. The van der Waals surface area contributed by atoms with E-state index in [4.69, 9.17) is 0 Å². The van der Waals surface area contributed by atoms with Crippen molar-refractivity contribution in [2.45, 2.75) is 6.54 Å². The van der Waals surface area contributed by atoms with E-state index in [1.54, 1.807) is 24.3 Å². The second kappa shape index (κ2) is 8.84. The fourth-order valence-electron chi connectivity index (χ4n) is 3.73. The van der Waals surface area contributed by atoms with Crippen LogP contribution in [0.4, 0.5) is 0 Å². The van der Waals surface area contributed by atoms with Gasteiger partial charge in [-0.1, -0.05) is 78.9 Å². The van der Waals surface area contributed by atoms with E-state index in [2.05, 4.69) is 29.2 Å². The Balaban J connectivity index is 1.45. The van der Waals surface area contributed by atoms with Gasteiger partial charge in [0.25, 0.3) is 5.91 Å². The third-order valence-corrected chi connectivity index (χ3v) is 5.35. The Morgan fingerprint density at radius 2 is 1.21 bits per heavy atom. The lowest BCUT2D eigenvalue weighted by atomic mass is 9.97. The molecule has 3 aromatic rings. The molecule has 146 valence electrons. The standard InChI is InChI=1S/C25H24N2O2/c28-24(21-11-5-2-6-12-21)22-13-7-8-14-23(22)25(29)27-17-15-26(16-18-27)19-20-9-3-1-4-10-20/h1-14H,15-19H2. The lowest BCUT2D eigenvalue weighted by Crippen LogP contribution is -2.48. The maximum atomic E-state index is 13.2. The summed E-state index contributed by atoms with van der Waals surface area (Å²) in [4.78, 5) is 30.3. The van der Waals surface area contributed by atoms with Gasteiger partial charge in [-0.15, -0.1) is 0 Å². The molecule has 0 bridgehead atoms. The summed E-state index contributed by atoms with van der Waals surface area (Å²) in [7, 11) is 0. The number of amides is 1. The molecule has 0 aliphatic carbocycles. The minimum Gasteiger partial charge on any atom is -0.336 e. The lowest BCUT2D eigenvalue weighted by molar-refractivity contribution is 0.0625. The van der Waals surface area contributed by atoms with Crippen LogP contribution in [-0.4, -0.2) is 47.7 Å². The fourth-order valence-corrected chi connectivity index (χ4v) is 3.73. The molecule has 4 rings (SSSR count). The third kappa shape index (κ3) is 4.44. The zero-order chi connectivity index (χ0) is 20.1. The summed E-state index contributed by atoms with van der Waals surface area (Å²) >= 11 is 0. The first kappa shape index (κ1) is 19.1. The van der Waals surface area contributed by atoms with Crippen molar-refractivity contribution in [2.75, 3.05) is 26.2 Å². The van der Waals surface area contributed by atoms with Crippen LogP contribution in [-0.2, 0) is 6.54 Å². The number of ketones is 1. The van der Waals surface area contributed by atoms with E-state index in [1.165, 1.54) is 5.56 Å². The first-order valence-corrected chi connectivity index (χ1v) is 9.97. The van der Waals surface area contributed by atoms with Crippen molar-refractivity contribution in [3.8, 4) is 0 Å². The van der Waals surface area contributed by atoms with E-state index in [0.717, 1.165) is 19.6 Å². The largest absolute Gasteiger partial charge is 0.336 e. The van der Waals surface area contributed by atoms with Gasteiger partial charge in [0.1, 0.15) is 0 Å². The number of nitrogens with zero attached hydrogens (tertiary/aromatic N) is 2. The number of hydrogen-bond donors (Lipinski definition) is 0. The van der Waals surface area contributed by atoms with Crippen LogP contribution in [0.5, 0.6) is 0 Å². The molecule has 0 saturated carbocycles. The Kier molecular flexibility index (Phi) is 5.82. The van der Waals surface area contributed by atoms with Crippen LogP contribution in [0.15, 0.2) is 84.9 Å². The highest BCUT2D eigenvalue weighted by molar-refractivity contribution is 6.15. The summed E-state index contributed by atoms with van der Waals surface area (Å²) in [5, 5.41) is 0. The van der Waals surface area contributed by atoms with Gasteiger partial charge in [0.05, 0.1) is 5.56 Å². The van der Waals surface area contributed by atoms with E-state index >= 15 is 0 Å². The molecule has 1 saturated heterocycles. The molecule has 0 N–H and O–H groups in total. The molecule has 0 radical (unpaired) electrons. The van der Waals surface area contributed by atoms with Crippen LogP contribution in [0, 0.1) is 0 Å². The number of carbonyl (C=O) groups is 2. The van der Waals surface area contributed by atoms with E-state index in [-0.39, 0.29) is 11.7 Å². The number of piperazine rings is 1. The summed E-state index contributed by atoms with van der Waals surface area (Å²) in [5.41, 5.74) is 2.83. The molecule has 0 unspecified atom stereocenters. The highest BCUT2D eigenvalue weighted by Gasteiger charge is 2.25. The van der Waals surface area contributed by atoms with Crippen molar-refractivity contribution in [3.63, 3.8) is 0 Å². The second-order valence-corrected chi connectivity index (χ2v) is 7.29. The van der Waals surface area contributed by atoms with Gasteiger partial charge in [-0.2, -0.15) is 0 Å². The zero-order valence-corrected chi connectivity index (χ0v) is 16.3. The first-order chi connectivity index (χ1) is 14.2. The number of benzene rings is 3. The van der Waals surface area contributed by atoms with Crippen LogP contribution in [0.3, 0.4) is 0 Å². The topological polar surface area (TPSA) is 40.6 Å². The van der Waals surface area contributed by atoms with Crippen molar-refractivity contribution in [1.29, 1.82) is 0 Å². The summed E-state index contributed by atoms with van der Waals surface area (Å²) < 4.78 is 0. The molecule has 4 nitrogen and oxygen atoms in total. The Morgan fingerprint density at radius 3 is 1.86 bits per heavy atom. The average Bonchev–Trinajstić information content (AvgIpc) is 2.80. The molecule has 0 spiro atoms. The summed E-state index contributed by atoms with van der Waals surface area (Å²) in [6.07, 6.45) is 0.